The maximum atomic E-state index is 14.9. The Morgan fingerprint density at radius 3 is 2.74 bits per heavy atom. The third-order valence-electron chi connectivity index (χ3n) is 4.35. The van der Waals surface area contributed by atoms with Crippen molar-refractivity contribution in [1.82, 2.24) is 15.2 Å². The highest BCUT2D eigenvalue weighted by molar-refractivity contribution is 7.15. The molecule has 2 aromatic heterocycles. The zero-order chi connectivity index (χ0) is 22.8. The second-order valence-electron chi connectivity index (χ2n) is 6.63. The monoisotopic (exact) mass is 470 g/mol. The van der Waals surface area contributed by atoms with Gasteiger partial charge in [0.25, 0.3) is 5.91 Å². The largest absolute Gasteiger partial charge is 0.496 e. The highest BCUT2D eigenvalue weighted by Crippen LogP contribution is 2.39. The van der Waals surface area contributed by atoms with Gasteiger partial charge in [-0.25, -0.2) is 4.39 Å². The Balaban J connectivity index is 2.00. The average Bonchev–Trinajstić information content (AvgIpc) is 3.19. The van der Waals surface area contributed by atoms with Crippen molar-refractivity contribution in [3.05, 3.63) is 51.5 Å². The first kappa shape index (κ1) is 23.0. The van der Waals surface area contributed by atoms with Crippen LogP contribution < -0.4 is 10.1 Å². The van der Waals surface area contributed by atoms with Crippen LogP contribution in [0.1, 0.15) is 40.8 Å². The summed E-state index contributed by atoms with van der Waals surface area (Å²) >= 11 is 6.51. The van der Waals surface area contributed by atoms with E-state index in [1.165, 1.54) is 31.5 Å². The van der Waals surface area contributed by atoms with Crippen LogP contribution in [0.4, 0.5) is 18.3 Å². The van der Waals surface area contributed by atoms with E-state index < -0.39 is 22.7 Å². The Morgan fingerprint density at radius 1 is 1.32 bits per heavy atom. The number of pyridine rings is 1. The van der Waals surface area contributed by atoms with Crippen molar-refractivity contribution in [2.75, 3.05) is 12.4 Å². The van der Waals surface area contributed by atoms with E-state index >= 15 is 0 Å². The molecule has 2 heterocycles. The molecular weight excluding hydrogens is 453 g/mol. The lowest BCUT2D eigenvalue weighted by Crippen LogP contribution is -2.14. The van der Waals surface area contributed by atoms with Crippen LogP contribution in [0.3, 0.4) is 0 Å². The summed E-state index contributed by atoms with van der Waals surface area (Å²) < 4.78 is 48.2. The number of carbonyl (C=O) groups excluding carboxylic acids is 1. The van der Waals surface area contributed by atoms with Crippen LogP contribution in [0.2, 0.25) is 5.02 Å². The molecular formula is C20H18ClF3N4O2S. The molecule has 11 heteroatoms. The van der Waals surface area contributed by atoms with E-state index in [9.17, 15) is 18.0 Å². The molecule has 0 spiro atoms. The Bertz CT molecular complexity index is 1120. The normalized spacial score (nSPS) is 11.5. The van der Waals surface area contributed by atoms with Crippen LogP contribution in [0, 0.1) is 12.7 Å². The topological polar surface area (TPSA) is 77.0 Å². The van der Waals surface area contributed by atoms with E-state index in [0.717, 1.165) is 0 Å². The number of methoxy groups -OCH3 is 1. The van der Waals surface area contributed by atoms with Gasteiger partial charge in [0.05, 0.1) is 23.3 Å². The number of carbonyl (C=O) groups is 1. The molecule has 1 N–H and O–H groups in total. The molecule has 0 aliphatic heterocycles. The van der Waals surface area contributed by atoms with E-state index in [0.29, 0.717) is 17.0 Å². The number of ether oxygens (including phenoxy) is 1. The fourth-order valence-electron chi connectivity index (χ4n) is 2.91. The summed E-state index contributed by atoms with van der Waals surface area (Å²) in [5.41, 5.74) is 0.675. The van der Waals surface area contributed by atoms with Crippen molar-refractivity contribution < 1.29 is 22.7 Å². The molecule has 0 saturated heterocycles. The number of benzene rings is 1. The fraction of sp³-hybridized carbons (Fsp3) is 0.300. The number of amides is 1. The number of nitrogens with one attached hydrogen (secondary N) is 1. The minimum absolute atomic E-state index is 0.0119. The molecule has 0 radical (unpaired) electrons. The molecule has 0 fully saturated rings. The standard InChI is InChI=1S/C20H18ClF3N4O2S/c1-4-7-20(23,24)18-27-28-19(31-18)26-17(29)12-9-25-10(2)8-11(12)15-14(30-3)6-5-13(21)16(15)22/h5-6,8-9H,4,7H2,1-3H3,(H,26,28,29). The van der Waals surface area contributed by atoms with Crippen LogP contribution in [0.25, 0.3) is 11.1 Å². The number of rotatable bonds is 7. The molecule has 0 bridgehead atoms. The maximum absolute atomic E-state index is 14.9. The summed E-state index contributed by atoms with van der Waals surface area (Å²) in [4.78, 5) is 17.0. The van der Waals surface area contributed by atoms with E-state index in [1.54, 1.807) is 13.8 Å². The molecule has 1 aromatic carbocycles. The van der Waals surface area contributed by atoms with Crippen molar-refractivity contribution in [1.29, 1.82) is 0 Å². The Morgan fingerprint density at radius 2 is 2.06 bits per heavy atom. The van der Waals surface area contributed by atoms with Gasteiger partial charge in [-0.15, -0.1) is 10.2 Å². The van der Waals surface area contributed by atoms with Gasteiger partial charge in [0, 0.05) is 23.9 Å². The van der Waals surface area contributed by atoms with Crippen molar-refractivity contribution in [2.45, 2.75) is 32.6 Å². The second-order valence-corrected chi connectivity index (χ2v) is 8.02. The first-order valence-electron chi connectivity index (χ1n) is 9.20. The number of halogens is 4. The molecule has 0 aliphatic carbocycles. The summed E-state index contributed by atoms with van der Waals surface area (Å²) in [7, 11) is 1.36. The van der Waals surface area contributed by atoms with Crippen LogP contribution in [0.15, 0.2) is 24.4 Å². The van der Waals surface area contributed by atoms with E-state index in [2.05, 4.69) is 20.5 Å². The number of anilines is 1. The van der Waals surface area contributed by atoms with Gasteiger partial charge in [-0.05, 0) is 31.5 Å². The van der Waals surface area contributed by atoms with Gasteiger partial charge in [-0.3, -0.25) is 15.1 Å². The lowest BCUT2D eigenvalue weighted by molar-refractivity contribution is -0.0148. The molecule has 6 nitrogen and oxygen atoms in total. The molecule has 1 amide bonds. The van der Waals surface area contributed by atoms with Gasteiger partial charge in [0.15, 0.2) is 10.8 Å². The zero-order valence-electron chi connectivity index (χ0n) is 16.8. The number of hydrogen-bond donors (Lipinski definition) is 1. The van der Waals surface area contributed by atoms with Crippen LogP contribution in [-0.2, 0) is 5.92 Å². The summed E-state index contributed by atoms with van der Waals surface area (Å²) in [6.07, 6.45) is 1.14. The van der Waals surface area contributed by atoms with Gasteiger partial charge in [0.1, 0.15) is 5.75 Å². The first-order chi connectivity index (χ1) is 14.7. The molecule has 0 aliphatic rings. The Labute approximate surface area is 185 Å². The fourth-order valence-corrected chi connectivity index (χ4v) is 3.81. The quantitative estimate of drug-likeness (QED) is 0.468. The SMILES string of the molecule is CCCC(F)(F)c1nnc(NC(=O)c2cnc(C)cc2-c2c(OC)ccc(Cl)c2F)s1. The number of nitrogens with zero attached hydrogens (tertiary/aromatic N) is 3. The molecule has 31 heavy (non-hydrogen) atoms. The van der Waals surface area contributed by atoms with Crippen molar-refractivity contribution >= 4 is 34.0 Å². The van der Waals surface area contributed by atoms with Crippen LogP contribution in [-0.4, -0.2) is 28.2 Å². The highest BCUT2D eigenvalue weighted by Gasteiger charge is 2.35. The highest BCUT2D eigenvalue weighted by atomic mass is 35.5. The summed E-state index contributed by atoms with van der Waals surface area (Å²) in [5, 5.41) is 8.80. The third kappa shape index (κ3) is 4.80. The third-order valence-corrected chi connectivity index (χ3v) is 5.60. The van der Waals surface area contributed by atoms with Gasteiger partial charge in [-0.2, -0.15) is 8.78 Å². The number of aromatic nitrogens is 3. The minimum Gasteiger partial charge on any atom is -0.496 e. The number of alkyl halides is 2. The van der Waals surface area contributed by atoms with Crippen molar-refractivity contribution in [3.8, 4) is 16.9 Å². The van der Waals surface area contributed by atoms with Crippen molar-refractivity contribution in [3.63, 3.8) is 0 Å². The second kappa shape index (κ2) is 9.19. The van der Waals surface area contributed by atoms with Gasteiger partial charge < -0.3 is 4.74 Å². The van der Waals surface area contributed by atoms with E-state index in [4.69, 9.17) is 16.3 Å². The Kier molecular flexibility index (Phi) is 6.80. The molecule has 164 valence electrons. The van der Waals surface area contributed by atoms with Crippen LogP contribution >= 0.6 is 22.9 Å². The van der Waals surface area contributed by atoms with Gasteiger partial charge >= 0.3 is 5.92 Å². The predicted octanol–water partition coefficient (Wildman–Crippen LogP) is 5.85. The molecule has 3 aromatic rings. The van der Waals surface area contributed by atoms with Crippen LogP contribution in [0.5, 0.6) is 5.75 Å². The lowest BCUT2D eigenvalue weighted by atomic mass is 9.98. The van der Waals surface area contributed by atoms with E-state index in [-0.39, 0.29) is 45.4 Å². The van der Waals surface area contributed by atoms with Gasteiger partial charge in [-0.1, -0.05) is 29.9 Å². The summed E-state index contributed by atoms with van der Waals surface area (Å²) in [5.74, 6) is -4.45. The smallest absolute Gasteiger partial charge is 0.300 e. The zero-order valence-corrected chi connectivity index (χ0v) is 18.4. The molecule has 0 saturated carbocycles. The Hall–Kier alpha value is -2.72. The molecule has 3 rings (SSSR count). The number of aryl methyl sites for hydroxylation is 1. The van der Waals surface area contributed by atoms with Crippen molar-refractivity contribution in [2.24, 2.45) is 0 Å². The maximum Gasteiger partial charge on any atom is 0.300 e. The summed E-state index contributed by atoms with van der Waals surface area (Å²) in [6.45, 7) is 3.31. The van der Waals surface area contributed by atoms with E-state index in [1.807, 2.05) is 0 Å². The molecule has 0 atom stereocenters. The van der Waals surface area contributed by atoms with Gasteiger partial charge in [0.2, 0.25) is 5.13 Å². The molecule has 0 unspecified atom stereocenters. The first-order valence-corrected chi connectivity index (χ1v) is 10.4. The average molecular weight is 471 g/mol. The lowest BCUT2D eigenvalue weighted by Gasteiger charge is -2.14. The predicted molar refractivity (Wildman–Crippen MR) is 113 cm³/mol. The minimum atomic E-state index is -3.14. The summed E-state index contributed by atoms with van der Waals surface area (Å²) in [6, 6.07) is 4.32. The number of hydrogen-bond acceptors (Lipinski definition) is 6.